The van der Waals surface area contributed by atoms with Gasteiger partial charge >= 0.3 is 0 Å². The molecular formula is C20H19BrN3O2S+. The van der Waals surface area contributed by atoms with Crippen LogP contribution in [0, 0.1) is 0 Å². The zero-order chi connectivity index (χ0) is 18.5. The fourth-order valence-corrected chi connectivity index (χ4v) is 5.57. The monoisotopic (exact) mass is 444 g/mol. The molecule has 1 aromatic carbocycles. The smallest absolute Gasteiger partial charge is 0.256 e. The number of rotatable bonds is 2. The van der Waals surface area contributed by atoms with Gasteiger partial charge in [0, 0.05) is 16.5 Å². The Hall–Kier alpha value is -2.09. The number of thiophene rings is 1. The van der Waals surface area contributed by atoms with E-state index in [-0.39, 0.29) is 12.1 Å². The number of hydrogen-bond acceptors (Lipinski definition) is 4. The molecule has 0 spiro atoms. The van der Waals surface area contributed by atoms with E-state index < -0.39 is 0 Å². The Kier molecular flexibility index (Phi) is 4.11. The minimum atomic E-state index is -0.351. The number of hydrogen-bond donors (Lipinski definition) is 3. The highest BCUT2D eigenvalue weighted by atomic mass is 79.9. The van der Waals surface area contributed by atoms with Crippen molar-refractivity contribution in [3.63, 3.8) is 0 Å². The van der Waals surface area contributed by atoms with Gasteiger partial charge in [-0.25, -0.2) is 0 Å². The Balaban J connectivity index is 1.45. The minimum Gasteiger partial charge on any atom is -0.457 e. The third kappa shape index (κ3) is 2.99. The summed E-state index contributed by atoms with van der Waals surface area (Å²) in [6, 6.07) is 11.8. The van der Waals surface area contributed by atoms with Gasteiger partial charge in [-0.05, 0) is 29.8 Å². The number of anilines is 1. The first-order valence-corrected chi connectivity index (χ1v) is 10.6. The molecule has 4 heterocycles. The van der Waals surface area contributed by atoms with Crippen molar-refractivity contribution in [3.8, 4) is 11.3 Å². The van der Waals surface area contributed by atoms with Crippen molar-refractivity contribution >= 4 is 38.2 Å². The zero-order valence-electron chi connectivity index (χ0n) is 14.8. The van der Waals surface area contributed by atoms with Gasteiger partial charge in [0.05, 0.1) is 24.0 Å². The van der Waals surface area contributed by atoms with Gasteiger partial charge in [0.15, 0.2) is 6.17 Å². The maximum atomic E-state index is 12.8. The maximum absolute atomic E-state index is 12.8. The van der Waals surface area contributed by atoms with Gasteiger partial charge in [0.1, 0.15) is 23.1 Å². The van der Waals surface area contributed by atoms with Crippen molar-refractivity contribution in [3.05, 3.63) is 62.6 Å². The average molecular weight is 445 g/mol. The SMILES string of the molecule is C[NH+]1CCc2c(sc3c2C(=O)N[C@H](c2ccc(-c4cccc(Br)c4)o2)N3)C1. The Morgan fingerprint density at radius 1 is 1.26 bits per heavy atom. The molecule has 5 rings (SSSR count). The first-order valence-electron chi connectivity index (χ1n) is 8.97. The minimum absolute atomic E-state index is 0.00814. The summed E-state index contributed by atoms with van der Waals surface area (Å²) in [5, 5.41) is 7.49. The van der Waals surface area contributed by atoms with Crippen LogP contribution in [0.4, 0.5) is 5.00 Å². The normalized spacial score (nSPS) is 21.2. The van der Waals surface area contributed by atoms with E-state index in [1.807, 2.05) is 36.4 Å². The van der Waals surface area contributed by atoms with Crippen LogP contribution >= 0.6 is 27.3 Å². The molecule has 2 aliphatic heterocycles. The topological polar surface area (TPSA) is 58.7 Å². The average Bonchev–Trinajstić information content (AvgIpc) is 3.26. The second-order valence-electron chi connectivity index (χ2n) is 7.10. The number of fused-ring (bicyclic) bond motifs is 3. The first-order chi connectivity index (χ1) is 13.1. The Morgan fingerprint density at radius 2 is 2.15 bits per heavy atom. The van der Waals surface area contributed by atoms with Gasteiger partial charge in [0.2, 0.25) is 0 Å². The van der Waals surface area contributed by atoms with E-state index in [9.17, 15) is 4.79 Å². The fraction of sp³-hybridized carbons (Fsp3) is 0.250. The zero-order valence-corrected chi connectivity index (χ0v) is 17.2. The lowest BCUT2D eigenvalue weighted by Crippen LogP contribution is -3.08. The van der Waals surface area contributed by atoms with Crippen molar-refractivity contribution < 1.29 is 14.1 Å². The number of benzene rings is 1. The first kappa shape index (κ1) is 17.0. The van der Waals surface area contributed by atoms with Gasteiger partial charge in [-0.15, -0.1) is 11.3 Å². The second kappa shape index (κ2) is 6.51. The van der Waals surface area contributed by atoms with Gasteiger partial charge < -0.3 is 20.0 Å². The number of furan rings is 1. The lowest BCUT2D eigenvalue weighted by atomic mass is 10.0. The fourth-order valence-electron chi connectivity index (χ4n) is 3.78. The highest BCUT2D eigenvalue weighted by Crippen LogP contribution is 2.39. The predicted molar refractivity (Wildman–Crippen MR) is 109 cm³/mol. The summed E-state index contributed by atoms with van der Waals surface area (Å²) in [5.74, 6) is 1.48. The quantitative estimate of drug-likeness (QED) is 0.568. The molecule has 2 aromatic heterocycles. The molecule has 27 heavy (non-hydrogen) atoms. The van der Waals surface area contributed by atoms with Crippen molar-refractivity contribution in [2.45, 2.75) is 19.1 Å². The number of carbonyl (C=O) groups is 1. The molecule has 138 valence electrons. The van der Waals surface area contributed by atoms with E-state index in [1.165, 1.54) is 15.3 Å². The third-order valence-electron chi connectivity index (χ3n) is 5.15. The van der Waals surface area contributed by atoms with E-state index in [4.69, 9.17) is 4.42 Å². The van der Waals surface area contributed by atoms with Crippen LogP contribution in [0.15, 0.2) is 45.3 Å². The lowest BCUT2D eigenvalue weighted by Gasteiger charge is -2.25. The number of nitrogens with one attached hydrogen (secondary N) is 3. The molecule has 2 aliphatic rings. The highest BCUT2D eigenvalue weighted by molar-refractivity contribution is 9.10. The number of quaternary nitrogens is 1. The van der Waals surface area contributed by atoms with Crippen molar-refractivity contribution in [2.75, 3.05) is 18.9 Å². The standard InChI is InChI=1S/C20H18BrN3O2S/c1-24-8-7-13-16(10-24)27-20-17(13)19(25)22-18(23-20)15-6-5-14(26-15)11-3-2-4-12(21)9-11/h2-6,9,18,23H,7-8,10H2,1H3,(H,22,25)/p+1/t18-/m0/s1. The summed E-state index contributed by atoms with van der Waals surface area (Å²) in [4.78, 5) is 15.6. The van der Waals surface area contributed by atoms with Gasteiger partial charge in [0.25, 0.3) is 5.91 Å². The van der Waals surface area contributed by atoms with Crippen LogP contribution < -0.4 is 15.5 Å². The van der Waals surface area contributed by atoms with Crippen LogP contribution in [-0.2, 0) is 13.0 Å². The molecular weight excluding hydrogens is 426 g/mol. The van der Waals surface area contributed by atoms with Crippen LogP contribution in [0.1, 0.15) is 32.7 Å². The molecule has 5 nitrogen and oxygen atoms in total. The summed E-state index contributed by atoms with van der Waals surface area (Å²) in [6.45, 7) is 2.06. The van der Waals surface area contributed by atoms with Gasteiger partial charge in [-0.1, -0.05) is 28.1 Å². The lowest BCUT2D eigenvalue weighted by molar-refractivity contribution is -0.895. The molecule has 0 fully saturated rings. The van der Waals surface area contributed by atoms with E-state index in [0.717, 1.165) is 45.9 Å². The molecule has 7 heteroatoms. The van der Waals surface area contributed by atoms with Crippen LogP contribution in [0.25, 0.3) is 11.3 Å². The Morgan fingerprint density at radius 3 is 3.00 bits per heavy atom. The molecule has 3 aromatic rings. The molecule has 3 N–H and O–H groups in total. The van der Waals surface area contributed by atoms with Gasteiger partial charge in [-0.3, -0.25) is 4.79 Å². The van der Waals surface area contributed by atoms with Crippen LogP contribution in [0.3, 0.4) is 0 Å². The number of halogens is 1. The molecule has 0 aliphatic carbocycles. The van der Waals surface area contributed by atoms with Crippen molar-refractivity contribution in [2.24, 2.45) is 0 Å². The summed E-state index contributed by atoms with van der Waals surface area (Å²) < 4.78 is 7.05. The molecule has 0 saturated heterocycles. The summed E-state index contributed by atoms with van der Waals surface area (Å²) in [7, 11) is 2.20. The van der Waals surface area contributed by atoms with Crippen LogP contribution in [-0.4, -0.2) is 19.5 Å². The number of amides is 1. The third-order valence-corrected chi connectivity index (χ3v) is 6.81. The van der Waals surface area contributed by atoms with E-state index in [2.05, 4.69) is 33.6 Å². The van der Waals surface area contributed by atoms with E-state index >= 15 is 0 Å². The van der Waals surface area contributed by atoms with Crippen LogP contribution in [0.2, 0.25) is 0 Å². The van der Waals surface area contributed by atoms with Crippen molar-refractivity contribution in [1.29, 1.82) is 0 Å². The second-order valence-corrected chi connectivity index (χ2v) is 9.13. The maximum Gasteiger partial charge on any atom is 0.256 e. The largest absolute Gasteiger partial charge is 0.457 e. The predicted octanol–water partition coefficient (Wildman–Crippen LogP) is 3.20. The van der Waals surface area contributed by atoms with E-state index in [0.29, 0.717) is 5.76 Å². The van der Waals surface area contributed by atoms with Crippen LogP contribution in [0.5, 0.6) is 0 Å². The number of likely N-dealkylation sites (N-methyl/N-ethyl adjacent to an activating group) is 1. The Bertz CT molecular complexity index is 1040. The molecule has 0 saturated carbocycles. The molecule has 0 bridgehead atoms. The number of carbonyl (C=O) groups excluding carboxylic acids is 1. The van der Waals surface area contributed by atoms with Crippen molar-refractivity contribution in [1.82, 2.24) is 5.32 Å². The van der Waals surface area contributed by atoms with Gasteiger partial charge in [-0.2, -0.15) is 0 Å². The molecule has 0 radical (unpaired) electrons. The summed E-state index contributed by atoms with van der Waals surface area (Å²) in [6.07, 6.45) is 0.608. The molecule has 2 atom stereocenters. The highest BCUT2D eigenvalue weighted by Gasteiger charge is 2.34. The summed E-state index contributed by atoms with van der Waals surface area (Å²) in [5.41, 5.74) is 3.05. The molecule has 1 unspecified atom stereocenters. The Labute approximate surface area is 169 Å². The summed E-state index contributed by atoms with van der Waals surface area (Å²) >= 11 is 5.20. The van der Waals surface area contributed by atoms with E-state index in [1.54, 1.807) is 11.3 Å². The molecule has 1 amide bonds.